The van der Waals surface area contributed by atoms with Crippen molar-refractivity contribution in [2.24, 2.45) is 5.92 Å². The molecule has 120 valence electrons. The fourth-order valence-electron chi connectivity index (χ4n) is 2.66. The minimum absolute atomic E-state index is 0.0814. The first-order valence-corrected chi connectivity index (χ1v) is 7.80. The molecule has 1 aliphatic rings. The lowest BCUT2D eigenvalue weighted by Gasteiger charge is -2.29. The van der Waals surface area contributed by atoms with Gasteiger partial charge in [-0.3, -0.25) is 4.79 Å². The van der Waals surface area contributed by atoms with Gasteiger partial charge in [0, 0.05) is 12.2 Å². The van der Waals surface area contributed by atoms with Gasteiger partial charge in [0.25, 0.3) is 5.91 Å². The van der Waals surface area contributed by atoms with Gasteiger partial charge in [0.1, 0.15) is 6.04 Å². The van der Waals surface area contributed by atoms with Gasteiger partial charge < -0.3 is 5.32 Å². The van der Waals surface area contributed by atoms with Crippen molar-refractivity contribution >= 4 is 11.6 Å². The number of anilines is 1. The molecule has 1 fully saturated rings. The van der Waals surface area contributed by atoms with E-state index >= 15 is 0 Å². The van der Waals surface area contributed by atoms with Crippen molar-refractivity contribution in [1.29, 1.82) is 10.5 Å². The number of nitrogens with one attached hydrogen (secondary N) is 1. The summed E-state index contributed by atoms with van der Waals surface area (Å²) >= 11 is 0. The van der Waals surface area contributed by atoms with E-state index in [-0.39, 0.29) is 5.91 Å². The van der Waals surface area contributed by atoms with Crippen LogP contribution in [0.3, 0.4) is 0 Å². The fraction of sp³-hybridized carbons (Fsp3) is 0.471. The Kier molecular flexibility index (Phi) is 5.43. The third-order valence-corrected chi connectivity index (χ3v) is 3.76. The maximum atomic E-state index is 12.8. The van der Waals surface area contributed by atoms with Gasteiger partial charge in [-0.25, -0.2) is 10.0 Å². The second-order valence-electron chi connectivity index (χ2n) is 6.05. The Morgan fingerprint density at radius 1 is 1.26 bits per heavy atom. The average molecular weight is 311 g/mol. The molecule has 1 aliphatic heterocycles. The Hall–Kier alpha value is -2.73. The Morgan fingerprint density at radius 3 is 2.52 bits per heavy atom. The van der Waals surface area contributed by atoms with Gasteiger partial charge in [-0.15, -0.1) is 0 Å². The topological polar surface area (TPSA) is 83.2 Å². The minimum atomic E-state index is -0.392. The molecule has 1 aromatic rings. The van der Waals surface area contributed by atoms with Crippen LogP contribution in [0.5, 0.6) is 0 Å². The second kappa shape index (κ2) is 7.51. The molecule has 0 aromatic heterocycles. The van der Waals surface area contributed by atoms with Crippen LogP contribution in [0.15, 0.2) is 24.3 Å². The van der Waals surface area contributed by atoms with Gasteiger partial charge >= 0.3 is 0 Å². The van der Waals surface area contributed by atoms with Crippen molar-refractivity contribution in [1.82, 2.24) is 10.0 Å². The Morgan fingerprint density at radius 2 is 1.96 bits per heavy atom. The van der Waals surface area contributed by atoms with E-state index in [2.05, 4.69) is 31.4 Å². The maximum Gasteiger partial charge on any atom is 0.264 e. The summed E-state index contributed by atoms with van der Waals surface area (Å²) in [6, 6.07) is 8.71. The smallest absolute Gasteiger partial charge is 0.264 e. The van der Waals surface area contributed by atoms with Crippen molar-refractivity contribution in [3.8, 4) is 12.3 Å². The zero-order valence-electron chi connectivity index (χ0n) is 13.5. The van der Waals surface area contributed by atoms with E-state index in [1.807, 2.05) is 0 Å². The lowest BCUT2D eigenvalue weighted by Crippen LogP contribution is -2.47. The zero-order valence-corrected chi connectivity index (χ0v) is 13.5. The van der Waals surface area contributed by atoms with Crippen LogP contribution in [0.1, 0.15) is 32.3 Å². The summed E-state index contributed by atoms with van der Waals surface area (Å²) in [4.78, 5) is 12.8. The van der Waals surface area contributed by atoms with Crippen molar-refractivity contribution in [2.75, 3.05) is 18.4 Å². The molecule has 0 aliphatic carbocycles. The minimum Gasteiger partial charge on any atom is -0.374 e. The summed E-state index contributed by atoms with van der Waals surface area (Å²) in [6.07, 6.45) is 3.54. The lowest BCUT2D eigenvalue weighted by atomic mass is 10.0. The molecule has 1 N–H and O–H groups in total. The quantitative estimate of drug-likeness (QED) is 0.844. The lowest BCUT2D eigenvalue weighted by molar-refractivity contribution is -0.141. The number of nitriles is 2. The summed E-state index contributed by atoms with van der Waals surface area (Å²) in [5.74, 6) is 0.259. The predicted molar refractivity (Wildman–Crippen MR) is 86.7 cm³/mol. The van der Waals surface area contributed by atoms with Crippen LogP contribution in [-0.2, 0) is 4.79 Å². The first-order valence-electron chi connectivity index (χ1n) is 7.80. The highest BCUT2D eigenvalue weighted by atomic mass is 16.2. The van der Waals surface area contributed by atoms with Gasteiger partial charge in [0.15, 0.2) is 6.19 Å². The molecule has 1 saturated heterocycles. The summed E-state index contributed by atoms with van der Waals surface area (Å²) < 4.78 is 0. The zero-order chi connectivity index (χ0) is 16.8. The third kappa shape index (κ3) is 4.14. The molecular formula is C17H21N5O. The summed E-state index contributed by atoms with van der Waals surface area (Å²) in [5.41, 5.74) is 1.38. The number of carbonyl (C=O) groups is 1. The molecular weight excluding hydrogens is 290 g/mol. The number of amides is 1. The molecule has 6 nitrogen and oxygen atoms in total. The maximum absolute atomic E-state index is 12.8. The van der Waals surface area contributed by atoms with Crippen LogP contribution in [0.25, 0.3) is 0 Å². The van der Waals surface area contributed by atoms with E-state index in [1.54, 1.807) is 24.3 Å². The number of benzene rings is 1. The first-order chi connectivity index (χ1) is 11.0. The van der Waals surface area contributed by atoms with Gasteiger partial charge in [-0.1, -0.05) is 13.8 Å². The Bertz CT molecular complexity index is 626. The molecule has 0 radical (unpaired) electrons. The fourth-order valence-corrected chi connectivity index (χ4v) is 2.66. The SMILES string of the molecule is CC(C)CC(Nc1ccc(C#N)cc1)C(=O)N1CCCN1C#N. The molecule has 6 heteroatoms. The highest BCUT2D eigenvalue weighted by molar-refractivity contribution is 5.84. The van der Waals surface area contributed by atoms with Gasteiger partial charge in [0.2, 0.25) is 0 Å². The summed E-state index contributed by atoms with van der Waals surface area (Å²) in [5, 5.41) is 24.2. The van der Waals surface area contributed by atoms with Crippen LogP contribution in [0.4, 0.5) is 5.69 Å². The van der Waals surface area contributed by atoms with E-state index in [4.69, 9.17) is 10.5 Å². The number of hydrogen-bond acceptors (Lipinski definition) is 5. The van der Waals surface area contributed by atoms with Gasteiger partial charge in [0.05, 0.1) is 18.2 Å². The van der Waals surface area contributed by atoms with E-state index in [9.17, 15) is 4.79 Å². The molecule has 0 saturated carbocycles. The van der Waals surface area contributed by atoms with Crippen LogP contribution in [-0.4, -0.2) is 35.1 Å². The second-order valence-corrected chi connectivity index (χ2v) is 6.05. The number of nitrogens with zero attached hydrogens (tertiary/aromatic N) is 4. The largest absolute Gasteiger partial charge is 0.374 e. The molecule has 1 unspecified atom stereocenters. The van der Waals surface area contributed by atoms with E-state index in [0.717, 1.165) is 12.1 Å². The first kappa shape index (κ1) is 16.6. The van der Waals surface area contributed by atoms with Crippen LogP contribution in [0, 0.1) is 28.7 Å². The highest BCUT2D eigenvalue weighted by Gasteiger charge is 2.31. The van der Waals surface area contributed by atoms with Crippen molar-refractivity contribution in [2.45, 2.75) is 32.7 Å². The number of hydrazine groups is 1. The van der Waals surface area contributed by atoms with Crippen molar-refractivity contribution < 1.29 is 4.79 Å². The number of carbonyl (C=O) groups excluding carboxylic acids is 1. The summed E-state index contributed by atoms with van der Waals surface area (Å²) in [7, 11) is 0. The third-order valence-electron chi connectivity index (χ3n) is 3.76. The molecule has 0 bridgehead atoms. The van der Waals surface area contributed by atoms with E-state index in [1.165, 1.54) is 10.0 Å². The molecule has 2 rings (SSSR count). The predicted octanol–water partition coefficient (Wildman–Crippen LogP) is 2.32. The molecule has 1 aromatic carbocycles. The molecule has 23 heavy (non-hydrogen) atoms. The Labute approximate surface area is 136 Å². The molecule has 1 atom stereocenters. The van der Waals surface area contributed by atoms with Crippen LogP contribution < -0.4 is 5.32 Å². The van der Waals surface area contributed by atoms with Gasteiger partial charge in [-0.2, -0.15) is 10.5 Å². The number of rotatable bonds is 5. The van der Waals surface area contributed by atoms with Crippen molar-refractivity contribution in [3.05, 3.63) is 29.8 Å². The standard InChI is InChI=1S/C17H21N5O/c1-13(2)10-16(17(23)22-9-3-8-21(22)12-19)20-15-6-4-14(11-18)5-7-15/h4-7,13,16,20H,3,8-10H2,1-2H3. The van der Waals surface area contributed by atoms with E-state index in [0.29, 0.717) is 31.0 Å². The average Bonchev–Trinajstić information content (AvgIpc) is 3.02. The van der Waals surface area contributed by atoms with Crippen LogP contribution in [0.2, 0.25) is 0 Å². The Balaban J connectivity index is 2.14. The van der Waals surface area contributed by atoms with E-state index < -0.39 is 6.04 Å². The van der Waals surface area contributed by atoms with Crippen molar-refractivity contribution in [3.63, 3.8) is 0 Å². The molecule has 1 amide bonds. The van der Waals surface area contributed by atoms with Gasteiger partial charge in [-0.05, 0) is 43.0 Å². The molecule has 0 spiro atoms. The molecule has 1 heterocycles. The van der Waals surface area contributed by atoms with Crippen LogP contribution >= 0.6 is 0 Å². The highest BCUT2D eigenvalue weighted by Crippen LogP contribution is 2.19. The number of hydrogen-bond donors (Lipinski definition) is 1. The monoisotopic (exact) mass is 311 g/mol. The normalized spacial score (nSPS) is 15.2. The summed E-state index contributed by atoms with van der Waals surface area (Å²) in [6.45, 7) is 5.29.